The first kappa shape index (κ1) is 19.9. The van der Waals surface area contributed by atoms with Gasteiger partial charge in [0.05, 0.1) is 6.54 Å². The lowest BCUT2D eigenvalue weighted by molar-refractivity contribution is -0.117. The average molecular weight is 387 g/mol. The summed E-state index contributed by atoms with van der Waals surface area (Å²) in [5.74, 6) is 0.0241. The van der Waals surface area contributed by atoms with E-state index in [2.05, 4.69) is 57.4 Å². The summed E-state index contributed by atoms with van der Waals surface area (Å²) >= 11 is 1.74. The van der Waals surface area contributed by atoms with E-state index in [0.29, 0.717) is 6.54 Å². The molecule has 1 N–H and O–H groups in total. The number of nitrogens with zero attached hydrogens (tertiary/aromatic N) is 3. The molecule has 3 rings (SSSR count). The van der Waals surface area contributed by atoms with Crippen molar-refractivity contribution < 1.29 is 4.79 Å². The Labute approximate surface area is 166 Å². The first-order chi connectivity index (χ1) is 13.0. The van der Waals surface area contributed by atoms with Crippen molar-refractivity contribution in [3.8, 4) is 0 Å². The number of benzene rings is 1. The summed E-state index contributed by atoms with van der Waals surface area (Å²) < 4.78 is 0. The molecule has 1 fully saturated rings. The molecule has 146 valence electrons. The van der Waals surface area contributed by atoms with E-state index in [0.717, 1.165) is 45.0 Å². The fourth-order valence-corrected chi connectivity index (χ4v) is 4.38. The fourth-order valence-electron chi connectivity index (χ4n) is 3.39. The van der Waals surface area contributed by atoms with Gasteiger partial charge >= 0.3 is 0 Å². The summed E-state index contributed by atoms with van der Waals surface area (Å²) in [5.41, 5.74) is 3.38. The van der Waals surface area contributed by atoms with Crippen molar-refractivity contribution in [3.63, 3.8) is 0 Å². The molecule has 2 heterocycles. The lowest BCUT2D eigenvalue weighted by atomic mass is 10.2. The van der Waals surface area contributed by atoms with Crippen LogP contribution in [-0.2, 0) is 11.3 Å². The molecule has 0 bridgehead atoms. The molecule has 0 saturated carbocycles. The number of hydrogen-bond donors (Lipinski definition) is 1. The molecular formula is C21H30N4OS. The minimum Gasteiger partial charge on any atom is -0.369 e. The van der Waals surface area contributed by atoms with Crippen LogP contribution in [0.4, 0.5) is 11.4 Å². The number of nitrogens with one attached hydrogen (secondary N) is 1. The Balaban J connectivity index is 1.47. The van der Waals surface area contributed by atoms with E-state index >= 15 is 0 Å². The summed E-state index contributed by atoms with van der Waals surface area (Å²) in [5, 5.41) is 5.11. The van der Waals surface area contributed by atoms with Gasteiger partial charge in [-0.05, 0) is 61.8 Å². The first-order valence-electron chi connectivity index (χ1n) is 9.64. The third-order valence-electron chi connectivity index (χ3n) is 5.13. The number of carbonyl (C=O) groups is 1. The lowest BCUT2D eigenvalue weighted by Gasteiger charge is -2.35. The van der Waals surface area contributed by atoms with Gasteiger partial charge in [0.2, 0.25) is 5.91 Å². The zero-order chi connectivity index (χ0) is 19.2. The van der Waals surface area contributed by atoms with Crippen LogP contribution in [0.25, 0.3) is 0 Å². The Bertz CT molecular complexity index is 735. The first-order valence-corrected chi connectivity index (χ1v) is 10.5. The summed E-state index contributed by atoms with van der Waals surface area (Å²) in [4.78, 5) is 20.6. The second-order valence-corrected chi connectivity index (χ2v) is 8.22. The molecule has 0 aliphatic carbocycles. The van der Waals surface area contributed by atoms with Gasteiger partial charge in [-0.2, -0.15) is 0 Å². The minimum atomic E-state index is 0.0241. The van der Waals surface area contributed by atoms with Gasteiger partial charge in [0.1, 0.15) is 0 Å². The van der Waals surface area contributed by atoms with E-state index in [1.54, 1.807) is 11.3 Å². The number of likely N-dealkylation sites (N-methyl/N-ethyl adjacent to an activating group) is 2. The molecule has 0 unspecified atom stereocenters. The third kappa shape index (κ3) is 5.54. The standard InChI is InChI=1S/C21H30N4OS/c1-4-24-10-12-25(13-11-24)19-7-5-18(6-8-19)22-21(26)16-23(3)15-20-17(2)9-14-27-20/h5-9,14H,4,10-13,15-16H2,1-3H3,(H,22,26). The number of amides is 1. The maximum atomic E-state index is 12.3. The van der Waals surface area contributed by atoms with Crippen molar-refractivity contribution in [1.82, 2.24) is 9.80 Å². The molecular weight excluding hydrogens is 356 g/mol. The highest BCUT2D eigenvalue weighted by Crippen LogP contribution is 2.20. The van der Waals surface area contributed by atoms with Crippen molar-refractivity contribution in [2.45, 2.75) is 20.4 Å². The Morgan fingerprint density at radius 2 is 1.85 bits per heavy atom. The highest BCUT2D eigenvalue weighted by molar-refractivity contribution is 7.10. The van der Waals surface area contributed by atoms with Crippen molar-refractivity contribution in [2.24, 2.45) is 0 Å². The molecule has 1 aliphatic rings. The van der Waals surface area contributed by atoms with Gasteiger partial charge in [0.15, 0.2) is 0 Å². The fraction of sp³-hybridized carbons (Fsp3) is 0.476. The number of anilines is 2. The van der Waals surface area contributed by atoms with E-state index < -0.39 is 0 Å². The number of aryl methyl sites for hydroxylation is 1. The third-order valence-corrected chi connectivity index (χ3v) is 6.14. The molecule has 5 nitrogen and oxygen atoms in total. The topological polar surface area (TPSA) is 38.8 Å². The Morgan fingerprint density at radius 1 is 1.15 bits per heavy atom. The number of hydrogen-bond acceptors (Lipinski definition) is 5. The molecule has 1 saturated heterocycles. The largest absolute Gasteiger partial charge is 0.369 e. The van der Waals surface area contributed by atoms with Crippen LogP contribution in [0.2, 0.25) is 0 Å². The smallest absolute Gasteiger partial charge is 0.238 e. The second-order valence-electron chi connectivity index (χ2n) is 7.22. The number of carbonyl (C=O) groups excluding carboxylic acids is 1. The summed E-state index contributed by atoms with van der Waals surface area (Å²) in [6.45, 7) is 11.0. The zero-order valence-electron chi connectivity index (χ0n) is 16.6. The van der Waals surface area contributed by atoms with E-state index in [1.165, 1.54) is 16.1 Å². The number of piperazine rings is 1. The predicted molar refractivity (Wildman–Crippen MR) is 115 cm³/mol. The van der Waals surface area contributed by atoms with E-state index in [9.17, 15) is 4.79 Å². The average Bonchev–Trinajstić information content (AvgIpc) is 3.07. The van der Waals surface area contributed by atoms with Crippen LogP contribution in [0.5, 0.6) is 0 Å². The predicted octanol–water partition coefficient (Wildman–Crippen LogP) is 3.27. The normalized spacial score (nSPS) is 15.3. The Morgan fingerprint density at radius 3 is 2.44 bits per heavy atom. The van der Waals surface area contributed by atoms with Crippen LogP contribution < -0.4 is 10.2 Å². The van der Waals surface area contributed by atoms with Gasteiger partial charge in [-0.1, -0.05) is 6.92 Å². The monoisotopic (exact) mass is 386 g/mol. The van der Waals surface area contributed by atoms with Gasteiger partial charge in [0, 0.05) is 49.0 Å². The van der Waals surface area contributed by atoms with Crippen LogP contribution in [0.15, 0.2) is 35.7 Å². The molecule has 1 aliphatic heterocycles. The number of rotatable bonds is 7. The molecule has 1 amide bonds. The van der Waals surface area contributed by atoms with Crippen molar-refractivity contribution in [2.75, 3.05) is 56.5 Å². The maximum absolute atomic E-state index is 12.3. The van der Waals surface area contributed by atoms with Crippen molar-refractivity contribution >= 4 is 28.6 Å². The van der Waals surface area contributed by atoms with Gasteiger partial charge in [-0.25, -0.2) is 0 Å². The number of thiophene rings is 1. The van der Waals surface area contributed by atoms with Crippen LogP contribution in [-0.4, -0.2) is 62.0 Å². The summed E-state index contributed by atoms with van der Waals surface area (Å²) in [6.07, 6.45) is 0. The Hall–Kier alpha value is -1.89. The van der Waals surface area contributed by atoms with Crippen molar-refractivity contribution in [3.05, 3.63) is 46.2 Å². The van der Waals surface area contributed by atoms with E-state index in [1.807, 2.05) is 19.2 Å². The van der Waals surface area contributed by atoms with Gasteiger partial charge in [0.25, 0.3) is 0 Å². The quantitative estimate of drug-likeness (QED) is 0.793. The summed E-state index contributed by atoms with van der Waals surface area (Å²) in [7, 11) is 1.98. The van der Waals surface area contributed by atoms with Crippen LogP contribution in [0.1, 0.15) is 17.4 Å². The van der Waals surface area contributed by atoms with E-state index in [4.69, 9.17) is 0 Å². The Kier molecular flexibility index (Phi) is 6.88. The highest BCUT2D eigenvalue weighted by atomic mass is 32.1. The second kappa shape index (κ2) is 9.35. The molecule has 0 atom stereocenters. The lowest BCUT2D eigenvalue weighted by Crippen LogP contribution is -2.46. The molecule has 0 radical (unpaired) electrons. The van der Waals surface area contributed by atoms with E-state index in [-0.39, 0.29) is 5.91 Å². The summed E-state index contributed by atoms with van der Waals surface area (Å²) in [6, 6.07) is 10.3. The zero-order valence-corrected chi connectivity index (χ0v) is 17.4. The highest BCUT2D eigenvalue weighted by Gasteiger charge is 2.16. The van der Waals surface area contributed by atoms with Crippen LogP contribution >= 0.6 is 11.3 Å². The van der Waals surface area contributed by atoms with Crippen molar-refractivity contribution in [1.29, 1.82) is 0 Å². The van der Waals surface area contributed by atoms with Gasteiger partial charge < -0.3 is 15.1 Å². The van der Waals surface area contributed by atoms with Crippen LogP contribution in [0.3, 0.4) is 0 Å². The minimum absolute atomic E-state index is 0.0241. The van der Waals surface area contributed by atoms with Gasteiger partial charge in [-0.15, -0.1) is 11.3 Å². The SMILES string of the molecule is CCN1CCN(c2ccc(NC(=O)CN(C)Cc3sccc3C)cc2)CC1. The molecule has 0 spiro atoms. The van der Waals surface area contributed by atoms with Crippen LogP contribution in [0, 0.1) is 6.92 Å². The molecule has 27 heavy (non-hydrogen) atoms. The van der Waals surface area contributed by atoms with Gasteiger partial charge in [-0.3, -0.25) is 9.69 Å². The molecule has 6 heteroatoms. The molecule has 2 aromatic rings. The molecule has 1 aromatic carbocycles. The maximum Gasteiger partial charge on any atom is 0.238 e. The molecule has 1 aromatic heterocycles.